The average molecular weight is 254 g/mol. The minimum atomic E-state index is -1.26. The van der Waals surface area contributed by atoms with Crippen molar-refractivity contribution in [1.29, 1.82) is 0 Å². The summed E-state index contributed by atoms with van der Waals surface area (Å²) in [4.78, 5) is 4.21. The first-order valence-corrected chi connectivity index (χ1v) is 8.37. The zero-order valence-corrected chi connectivity index (χ0v) is 10.6. The highest BCUT2D eigenvalue weighted by Gasteiger charge is 2.17. The Labute approximate surface area is 88.7 Å². The van der Waals surface area contributed by atoms with Crippen LogP contribution in [0.1, 0.15) is 5.69 Å². The Morgan fingerprint density at radius 1 is 1.46 bits per heavy atom. The molecule has 1 aromatic heterocycles. The zero-order valence-electron chi connectivity index (χ0n) is 8.06. The summed E-state index contributed by atoms with van der Waals surface area (Å²) in [5.74, 6) is 2.53. The number of nitrogens with zero attached hydrogens (tertiary/aromatic N) is 1. The highest BCUT2D eigenvalue weighted by atomic mass is 79.9. The van der Waals surface area contributed by atoms with Crippen LogP contribution in [-0.4, -0.2) is 13.1 Å². The summed E-state index contributed by atoms with van der Waals surface area (Å²) in [6.07, 6.45) is 7.17. The normalized spacial score (nSPS) is 11.0. The smallest absolute Gasteiger partial charge is 0.127 e. The van der Waals surface area contributed by atoms with Gasteiger partial charge in [0.1, 0.15) is 5.69 Å². The second-order valence-corrected chi connectivity index (χ2v) is 9.88. The number of hydrogen-bond donors (Lipinski definition) is 0. The van der Waals surface area contributed by atoms with Gasteiger partial charge in [-0.1, -0.05) is 19.6 Å². The van der Waals surface area contributed by atoms with Gasteiger partial charge in [-0.05, 0) is 33.1 Å². The Hall–Kier alpha value is -0.593. The molecule has 1 aromatic rings. The summed E-state index contributed by atoms with van der Waals surface area (Å²) in [6.45, 7) is 6.85. The maximum absolute atomic E-state index is 5.28. The molecule has 0 saturated carbocycles. The Morgan fingerprint density at radius 3 is 2.46 bits per heavy atom. The van der Waals surface area contributed by atoms with Crippen LogP contribution in [0, 0.1) is 12.3 Å². The van der Waals surface area contributed by atoms with E-state index in [1.165, 1.54) is 5.19 Å². The molecule has 68 valence electrons. The number of halogens is 1. The van der Waals surface area contributed by atoms with Gasteiger partial charge in [-0.25, -0.2) is 4.98 Å². The summed E-state index contributed by atoms with van der Waals surface area (Å²) in [6, 6.07) is 2.09. The molecule has 0 saturated heterocycles. The van der Waals surface area contributed by atoms with Crippen molar-refractivity contribution in [3.63, 3.8) is 0 Å². The first kappa shape index (κ1) is 10.5. The SMILES string of the molecule is C#Cc1ncc([Si](C)(C)C)cc1Br. The molecule has 0 fully saturated rings. The number of aromatic nitrogens is 1. The molecule has 0 amide bonds. The van der Waals surface area contributed by atoms with Gasteiger partial charge in [0.15, 0.2) is 0 Å². The lowest BCUT2D eigenvalue weighted by Crippen LogP contribution is -2.37. The van der Waals surface area contributed by atoms with Crippen LogP contribution in [0.5, 0.6) is 0 Å². The third-order valence-electron chi connectivity index (χ3n) is 1.84. The molecule has 0 aliphatic heterocycles. The molecule has 0 aliphatic rings. The molecule has 0 unspecified atom stereocenters. The molecule has 0 radical (unpaired) electrons. The minimum Gasteiger partial charge on any atom is -0.247 e. The van der Waals surface area contributed by atoms with Crippen molar-refractivity contribution in [1.82, 2.24) is 4.98 Å². The van der Waals surface area contributed by atoms with Crippen LogP contribution in [-0.2, 0) is 0 Å². The number of rotatable bonds is 1. The van der Waals surface area contributed by atoms with E-state index >= 15 is 0 Å². The second-order valence-electron chi connectivity index (χ2n) is 3.95. The van der Waals surface area contributed by atoms with E-state index in [-0.39, 0.29) is 0 Å². The fraction of sp³-hybridized carbons (Fsp3) is 0.300. The maximum Gasteiger partial charge on any atom is 0.127 e. The first-order chi connectivity index (χ1) is 5.95. The van der Waals surface area contributed by atoms with E-state index in [4.69, 9.17) is 6.42 Å². The van der Waals surface area contributed by atoms with Gasteiger partial charge in [0.05, 0.1) is 12.5 Å². The third-order valence-corrected chi connectivity index (χ3v) is 4.45. The molecular formula is C10H12BrNSi. The Kier molecular flexibility index (Phi) is 2.94. The molecule has 1 nitrogen and oxygen atoms in total. The Morgan fingerprint density at radius 2 is 2.08 bits per heavy atom. The van der Waals surface area contributed by atoms with Crippen molar-refractivity contribution in [3.8, 4) is 12.3 Å². The molecular weight excluding hydrogens is 242 g/mol. The van der Waals surface area contributed by atoms with E-state index in [2.05, 4.69) is 52.5 Å². The lowest BCUT2D eigenvalue weighted by atomic mass is 10.4. The van der Waals surface area contributed by atoms with Crippen molar-refractivity contribution in [2.24, 2.45) is 0 Å². The van der Waals surface area contributed by atoms with Gasteiger partial charge in [0.2, 0.25) is 0 Å². The van der Waals surface area contributed by atoms with Crippen LogP contribution in [0.3, 0.4) is 0 Å². The van der Waals surface area contributed by atoms with Gasteiger partial charge in [-0.2, -0.15) is 0 Å². The van der Waals surface area contributed by atoms with Crippen molar-refractivity contribution >= 4 is 29.2 Å². The maximum atomic E-state index is 5.28. The Bertz CT molecular complexity index is 360. The molecule has 0 N–H and O–H groups in total. The molecule has 1 rings (SSSR count). The fourth-order valence-corrected chi connectivity index (χ4v) is 2.66. The standard InChI is InChI=1S/C10H12BrNSi/c1-5-10-9(11)6-8(7-12-10)13(2,3)4/h1,6-7H,2-4H3. The fourth-order valence-electron chi connectivity index (χ4n) is 0.954. The van der Waals surface area contributed by atoms with Gasteiger partial charge in [-0.15, -0.1) is 6.42 Å². The van der Waals surface area contributed by atoms with E-state index in [1.807, 2.05) is 6.20 Å². The van der Waals surface area contributed by atoms with Crippen LogP contribution in [0.4, 0.5) is 0 Å². The van der Waals surface area contributed by atoms with Crippen LogP contribution in [0.2, 0.25) is 19.6 Å². The first-order valence-electron chi connectivity index (χ1n) is 4.08. The lowest BCUT2D eigenvalue weighted by Gasteiger charge is -2.16. The highest BCUT2D eigenvalue weighted by molar-refractivity contribution is 9.10. The van der Waals surface area contributed by atoms with Crippen molar-refractivity contribution < 1.29 is 0 Å². The summed E-state index contributed by atoms with van der Waals surface area (Å²) >= 11 is 3.42. The topological polar surface area (TPSA) is 12.9 Å². The van der Waals surface area contributed by atoms with E-state index in [9.17, 15) is 0 Å². The minimum absolute atomic E-state index is 0.682. The lowest BCUT2D eigenvalue weighted by molar-refractivity contribution is 1.28. The molecule has 3 heteroatoms. The second kappa shape index (κ2) is 3.65. The summed E-state index contributed by atoms with van der Waals surface area (Å²) in [5.41, 5.74) is 0.682. The predicted molar refractivity (Wildman–Crippen MR) is 62.9 cm³/mol. The highest BCUT2D eigenvalue weighted by Crippen LogP contribution is 2.13. The molecule has 0 aromatic carbocycles. The van der Waals surface area contributed by atoms with Crippen LogP contribution < -0.4 is 5.19 Å². The van der Waals surface area contributed by atoms with Crippen LogP contribution >= 0.6 is 15.9 Å². The van der Waals surface area contributed by atoms with Crippen molar-refractivity contribution in [2.75, 3.05) is 0 Å². The summed E-state index contributed by atoms with van der Waals surface area (Å²) in [5, 5.41) is 1.32. The molecule has 0 spiro atoms. The molecule has 1 heterocycles. The van der Waals surface area contributed by atoms with Crippen molar-refractivity contribution in [2.45, 2.75) is 19.6 Å². The van der Waals surface area contributed by atoms with E-state index in [0.717, 1.165) is 4.47 Å². The van der Waals surface area contributed by atoms with Crippen molar-refractivity contribution in [3.05, 3.63) is 22.4 Å². The number of hydrogen-bond acceptors (Lipinski definition) is 1. The monoisotopic (exact) mass is 253 g/mol. The predicted octanol–water partition coefficient (Wildman–Crippen LogP) is 2.37. The third kappa shape index (κ3) is 2.42. The van der Waals surface area contributed by atoms with Gasteiger partial charge in [-0.3, -0.25) is 0 Å². The zero-order chi connectivity index (χ0) is 10.1. The van der Waals surface area contributed by atoms with Gasteiger partial charge >= 0.3 is 0 Å². The van der Waals surface area contributed by atoms with Crippen LogP contribution in [0.15, 0.2) is 16.7 Å². The molecule has 0 aliphatic carbocycles. The van der Waals surface area contributed by atoms with E-state index in [1.54, 1.807) is 0 Å². The number of terminal acetylenes is 1. The molecule has 13 heavy (non-hydrogen) atoms. The van der Waals surface area contributed by atoms with Gasteiger partial charge < -0.3 is 0 Å². The number of pyridine rings is 1. The largest absolute Gasteiger partial charge is 0.247 e. The van der Waals surface area contributed by atoms with Crippen LogP contribution in [0.25, 0.3) is 0 Å². The average Bonchev–Trinajstić information content (AvgIpc) is 2.02. The van der Waals surface area contributed by atoms with Gasteiger partial charge in [0.25, 0.3) is 0 Å². The summed E-state index contributed by atoms with van der Waals surface area (Å²) < 4.78 is 0.926. The summed E-state index contributed by atoms with van der Waals surface area (Å²) in [7, 11) is -1.26. The van der Waals surface area contributed by atoms with E-state index in [0.29, 0.717) is 5.69 Å². The van der Waals surface area contributed by atoms with Gasteiger partial charge in [0, 0.05) is 6.20 Å². The molecule has 0 bridgehead atoms. The molecule has 0 atom stereocenters. The quantitative estimate of drug-likeness (QED) is 0.554. The Balaban J connectivity index is 3.20. The van der Waals surface area contributed by atoms with E-state index < -0.39 is 8.07 Å².